The van der Waals surface area contributed by atoms with Crippen molar-refractivity contribution >= 4 is 27.4 Å². The van der Waals surface area contributed by atoms with Gasteiger partial charge >= 0.3 is 29.9 Å². The predicted molar refractivity (Wildman–Crippen MR) is 98.3 cm³/mol. The van der Waals surface area contributed by atoms with E-state index in [0.717, 1.165) is 5.32 Å². The zero-order valence-electron chi connectivity index (χ0n) is 16.8. The molecule has 0 unspecified atom stereocenters. The van der Waals surface area contributed by atoms with E-state index in [1.807, 2.05) is 0 Å². The lowest BCUT2D eigenvalue weighted by molar-refractivity contribution is -0.388. The molecule has 1 aromatic heterocycles. The molecule has 2 aromatic rings. The van der Waals surface area contributed by atoms with E-state index < -0.39 is 50.5 Å². The Hall–Kier alpha value is -3.11. The van der Waals surface area contributed by atoms with Crippen molar-refractivity contribution in [2.45, 2.75) is 42.7 Å². The van der Waals surface area contributed by atoms with E-state index in [2.05, 4.69) is 14.7 Å². The summed E-state index contributed by atoms with van der Waals surface area (Å²) in [5.41, 5.74) is -0.388. The molecule has 1 aromatic carbocycles. The minimum Gasteiger partial charge on any atom is -0.321 e. The Morgan fingerprint density at radius 2 is 1.38 bits per heavy atom. The highest BCUT2D eigenvalue weighted by atomic mass is 32.2. The first kappa shape index (κ1) is 27.1. The van der Waals surface area contributed by atoms with Crippen molar-refractivity contribution in [1.82, 2.24) is 9.97 Å². The minimum atomic E-state index is -7.23. The summed E-state index contributed by atoms with van der Waals surface area (Å²) in [6.07, 6.45) is -7.08. The number of carbonyl (C=O) groups excluding carboxylic acids is 1. The van der Waals surface area contributed by atoms with E-state index in [0.29, 0.717) is 30.0 Å². The lowest BCUT2D eigenvalue weighted by Gasteiger charge is -2.32. The Labute approximate surface area is 185 Å². The first-order chi connectivity index (χ1) is 15.2. The average molecular weight is 524 g/mol. The summed E-state index contributed by atoms with van der Waals surface area (Å²) in [5.74, 6) is -24.0. The third-order valence-electron chi connectivity index (χ3n) is 4.06. The summed E-state index contributed by atoms with van der Waals surface area (Å²) in [6, 6.07) is 3.91. The van der Waals surface area contributed by atoms with Crippen molar-refractivity contribution < 1.29 is 52.7 Å². The molecule has 0 saturated heterocycles. The molecule has 34 heavy (non-hydrogen) atoms. The van der Waals surface area contributed by atoms with E-state index in [1.165, 1.54) is 13.0 Å². The normalized spacial score (nSPS) is 13.5. The van der Waals surface area contributed by atoms with Gasteiger partial charge in [0, 0.05) is 17.4 Å². The summed E-state index contributed by atoms with van der Waals surface area (Å²) in [6.45, 7) is 3.03. The lowest BCUT2D eigenvalue weighted by Crippen LogP contribution is -2.64. The van der Waals surface area contributed by atoms with Gasteiger partial charge in [0.15, 0.2) is 0 Å². The number of aryl methyl sites for hydroxylation is 2. The van der Waals surface area contributed by atoms with Crippen LogP contribution in [0.15, 0.2) is 35.2 Å². The molecule has 188 valence electrons. The largest absolute Gasteiger partial charge is 0.460 e. The SMILES string of the molecule is Cc1cc(NS(=O)(=O)c2ccc(NC(=O)C(F)(F)C(F)(F)C(F)(F)C(F)(F)F)cc2)nc(C)n1. The van der Waals surface area contributed by atoms with Crippen LogP contribution in [0.3, 0.4) is 0 Å². The summed E-state index contributed by atoms with van der Waals surface area (Å²) < 4.78 is 143. The highest BCUT2D eigenvalue weighted by molar-refractivity contribution is 7.92. The van der Waals surface area contributed by atoms with Crippen LogP contribution in [0.4, 0.5) is 51.0 Å². The predicted octanol–water partition coefficient (Wildman–Crippen LogP) is 4.30. The van der Waals surface area contributed by atoms with Gasteiger partial charge in [-0.15, -0.1) is 0 Å². The van der Waals surface area contributed by atoms with Crippen molar-refractivity contribution in [1.29, 1.82) is 0 Å². The Morgan fingerprint density at radius 1 is 0.853 bits per heavy atom. The molecule has 0 bridgehead atoms. The lowest BCUT2D eigenvalue weighted by atomic mass is 10.0. The van der Waals surface area contributed by atoms with Crippen molar-refractivity contribution in [2.75, 3.05) is 10.0 Å². The Balaban J connectivity index is 2.24. The second-order valence-corrected chi connectivity index (χ2v) is 8.43. The number of benzene rings is 1. The number of hydrogen-bond donors (Lipinski definition) is 2. The monoisotopic (exact) mass is 524 g/mol. The maximum absolute atomic E-state index is 13.6. The maximum Gasteiger partial charge on any atom is 0.460 e. The number of carbonyl (C=O) groups is 1. The van der Waals surface area contributed by atoms with Gasteiger partial charge in [-0.2, -0.15) is 39.5 Å². The Morgan fingerprint density at radius 3 is 1.85 bits per heavy atom. The number of nitrogens with zero attached hydrogens (tertiary/aromatic N) is 2. The molecule has 2 N–H and O–H groups in total. The van der Waals surface area contributed by atoms with Gasteiger partial charge in [-0.3, -0.25) is 9.52 Å². The van der Waals surface area contributed by atoms with Crippen LogP contribution in [0, 0.1) is 13.8 Å². The highest BCUT2D eigenvalue weighted by Gasteiger charge is 2.83. The molecule has 0 aliphatic rings. The fourth-order valence-electron chi connectivity index (χ4n) is 2.41. The number of anilines is 2. The fraction of sp³-hybridized carbons (Fsp3) is 0.353. The number of sulfonamides is 1. The average Bonchev–Trinajstić information content (AvgIpc) is 2.65. The van der Waals surface area contributed by atoms with Crippen LogP contribution in [-0.2, 0) is 14.8 Å². The summed E-state index contributed by atoms with van der Waals surface area (Å²) >= 11 is 0. The van der Waals surface area contributed by atoms with Crippen LogP contribution in [-0.4, -0.2) is 48.2 Å². The maximum atomic E-state index is 13.6. The van der Waals surface area contributed by atoms with Crippen LogP contribution in [0.2, 0.25) is 0 Å². The van der Waals surface area contributed by atoms with Crippen LogP contribution in [0.25, 0.3) is 0 Å². The molecule has 1 amide bonds. The summed E-state index contributed by atoms with van der Waals surface area (Å²) in [7, 11) is -4.32. The Kier molecular flexibility index (Phi) is 6.86. The zero-order chi connectivity index (χ0) is 26.3. The number of rotatable bonds is 7. The van der Waals surface area contributed by atoms with E-state index in [1.54, 1.807) is 6.92 Å². The van der Waals surface area contributed by atoms with Gasteiger partial charge in [0.1, 0.15) is 11.6 Å². The van der Waals surface area contributed by atoms with Crippen LogP contribution < -0.4 is 10.0 Å². The minimum absolute atomic E-state index is 0.130. The van der Waals surface area contributed by atoms with Crippen molar-refractivity contribution in [3.05, 3.63) is 41.9 Å². The Bertz CT molecular complexity index is 1160. The van der Waals surface area contributed by atoms with Gasteiger partial charge in [-0.25, -0.2) is 18.4 Å². The molecule has 0 saturated carbocycles. The second-order valence-electron chi connectivity index (χ2n) is 6.75. The fourth-order valence-corrected chi connectivity index (χ4v) is 3.40. The third-order valence-corrected chi connectivity index (χ3v) is 5.43. The molecule has 0 aliphatic heterocycles. The van der Waals surface area contributed by atoms with Gasteiger partial charge in [0.25, 0.3) is 10.0 Å². The smallest absolute Gasteiger partial charge is 0.321 e. The van der Waals surface area contributed by atoms with Crippen LogP contribution in [0.1, 0.15) is 11.5 Å². The molecular weight excluding hydrogens is 511 g/mol. The molecule has 7 nitrogen and oxygen atoms in total. The molecule has 0 fully saturated rings. The number of amides is 1. The molecule has 0 aliphatic carbocycles. The van der Waals surface area contributed by atoms with E-state index in [-0.39, 0.29) is 11.6 Å². The van der Waals surface area contributed by atoms with Crippen LogP contribution in [0.5, 0.6) is 0 Å². The summed E-state index contributed by atoms with van der Waals surface area (Å²) in [4.78, 5) is 18.7. The first-order valence-electron chi connectivity index (χ1n) is 8.69. The molecular formula is C17H13F9N4O3S. The van der Waals surface area contributed by atoms with Crippen molar-refractivity contribution in [2.24, 2.45) is 0 Å². The van der Waals surface area contributed by atoms with E-state index in [9.17, 15) is 52.7 Å². The van der Waals surface area contributed by atoms with E-state index in [4.69, 9.17) is 0 Å². The molecule has 0 atom stereocenters. The standard InChI is InChI=1S/C17H13F9N4O3S/c1-8-7-12(28-9(2)27-8)30-34(32,33)11-5-3-10(4-6-11)29-13(31)14(18,19)15(20,21)16(22,23)17(24,25)26/h3-7H,1-2H3,(H,29,31)(H,27,28,30). The topological polar surface area (TPSA) is 101 Å². The quantitative estimate of drug-likeness (QED) is 0.527. The van der Waals surface area contributed by atoms with Crippen molar-refractivity contribution in [3.8, 4) is 0 Å². The van der Waals surface area contributed by atoms with Crippen LogP contribution >= 0.6 is 0 Å². The van der Waals surface area contributed by atoms with Crippen molar-refractivity contribution in [3.63, 3.8) is 0 Å². The zero-order valence-corrected chi connectivity index (χ0v) is 17.6. The molecule has 0 spiro atoms. The first-order valence-corrected chi connectivity index (χ1v) is 10.2. The molecule has 17 heteroatoms. The highest BCUT2D eigenvalue weighted by Crippen LogP contribution is 2.53. The number of aromatic nitrogens is 2. The summed E-state index contributed by atoms with van der Waals surface area (Å²) in [5, 5.41) is 1.05. The van der Waals surface area contributed by atoms with Gasteiger partial charge in [0.2, 0.25) is 0 Å². The number of hydrogen-bond acceptors (Lipinski definition) is 5. The van der Waals surface area contributed by atoms with Gasteiger partial charge in [0.05, 0.1) is 4.90 Å². The second kappa shape index (κ2) is 8.59. The van der Waals surface area contributed by atoms with Gasteiger partial charge < -0.3 is 5.32 Å². The van der Waals surface area contributed by atoms with Gasteiger partial charge in [-0.05, 0) is 38.1 Å². The third kappa shape index (κ3) is 5.02. The number of alkyl halides is 9. The molecule has 1 heterocycles. The number of halogens is 9. The molecule has 2 rings (SSSR count). The van der Waals surface area contributed by atoms with Gasteiger partial charge in [-0.1, -0.05) is 0 Å². The number of nitrogens with one attached hydrogen (secondary N) is 2. The molecule has 0 radical (unpaired) electrons. The van der Waals surface area contributed by atoms with E-state index >= 15 is 0 Å².